The number of hydrogen-bond donors (Lipinski definition) is 1. The van der Waals surface area contributed by atoms with Gasteiger partial charge in [0.1, 0.15) is 6.61 Å². The second kappa shape index (κ2) is 7.07. The number of rotatable bonds is 5. The van der Waals surface area contributed by atoms with Crippen LogP contribution in [0.3, 0.4) is 0 Å². The van der Waals surface area contributed by atoms with Gasteiger partial charge in [-0.25, -0.2) is 14.3 Å². The number of esters is 2. The van der Waals surface area contributed by atoms with E-state index in [0.29, 0.717) is 0 Å². The fourth-order valence-corrected chi connectivity index (χ4v) is 1.04. The largest absolute Gasteiger partial charge is 0.466 e. The summed E-state index contributed by atoms with van der Waals surface area (Å²) < 4.78 is 9.76. The Morgan fingerprint density at radius 3 is 2.63 bits per heavy atom. The molecule has 8 heteroatoms. The second-order valence-electron chi connectivity index (χ2n) is 3.29. The Hall–Kier alpha value is -2.48. The van der Waals surface area contributed by atoms with E-state index in [4.69, 9.17) is 0 Å². The first-order valence-electron chi connectivity index (χ1n) is 5.19. The highest BCUT2D eigenvalue weighted by atomic mass is 16.5. The lowest BCUT2D eigenvalue weighted by atomic mass is 10.3. The van der Waals surface area contributed by atoms with Crippen molar-refractivity contribution in [2.24, 2.45) is 0 Å². The molecule has 1 aromatic heterocycles. The Labute approximate surface area is 108 Å². The summed E-state index contributed by atoms with van der Waals surface area (Å²) in [4.78, 5) is 33.3. The van der Waals surface area contributed by atoms with Gasteiger partial charge in [0.25, 0.3) is 5.91 Å². The van der Waals surface area contributed by atoms with E-state index < -0.39 is 30.6 Å². The average Bonchev–Trinajstić information content (AvgIpc) is 2.95. The molecule has 0 aliphatic rings. The lowest BCUT2D eigenvalue weighted by Crippen LogP contribution is -2.32. The van der Waals surface area contributed by atoms with Crippen LogP contribution in [0, 0.1) is 0 Å². The van der Waals surface area contributed by atoms with Crippen molar-refractivity contribution in [3.8, 4) is 0 Å². The van der Waals surface area contributed by atoms with E-state index in [9.17, 15) is 19.5 Å². The molecule has 0 bridgehead atoms. The molecule has 1 aromatic rings. The van der Waals surface area contributed by atoms with Crippen molar-refractivity contribution in [2.45, 2.75) is 6.10 Å². The molecule has 0 aromatic carbocycles. The molecule has 0 aliphatic carbocycles. The lowest BCUT2D eigenvalue weighted by Gasteiger charge is -2.08. The smallest absolute Gasteiger partial charge is 0.331 e. The van der Waals surface area contributed by atoms with Crippen LogP contribution in [0.25, 0.3) is 0 Å². The van der Waals surface area contributed by atoms with Crippen LogP contribution < -0.4 is 0 Å². The third-order valence-corrected chi connectivity index (χ3v) is 1.96. The van der Waals surface area contributed by atoms with Crippen LogP contribution in [0.15, 0.2) is 30.6 Å². The predicted molar refractivity (Wildman–Crippen MR) is 61.0 cm³/mol. The Morgan fingerprint density at radius 1 is 1.37 bits per heavy atom. The highest BCUT2D eigenvalue weighted by Gasteiger charge is 2.18. The van der Waals surface area contributed by atoms with Crippen LogP contribution in [0.1, 0.15) is 4.79 Å². The number of methoxy groups -OCH3 is 1. The molecule has 1 N–H and O–H groups in total. The molecule has 102 valence electrons. The minimum Gasteiger partial charge on any atom is -0.466 e. The van der Waals surface area contributed by atoms with E-state index in [-0.39, 0.29) is 0 Å². The maximum absolute atomic E-state index is 11.5. The number of nitrogens with zero attached hydrogens (tertiary/aromatic N) is 2. The molecule has 1 heterocycles. The van der Waals surface area contributed by atoms with Crippen molar-refractivity contribution < 1.29 is 29.0 Å². The number of ether oxygens (including phenoxy) is 2. The third-order valence-electron chi connectivity index (χ3n) is 1.96. The second-order valence-corrected chi connectivity index (χ2v) is 3.29. The van der Waals surface area contributed by atoms with Gasteiger partial charge < -0.3 is 14.6 Å². The summed E-state index contributed by atoms with van der Waals surface area (Å²) in [6.07, 6.45) is 2.89. The van der Waals surface area contributed by atoms with Gasteiger partial charge in [-0.3, -0.25) is 4.79 Å². The Morgan fingerprint density at radius 2 is 2.05 bits per heavy atom. The van der Waals surface area contributed by atoms with E-state index in [0.717, 1.165) is 23.9 Å². The van der Waals surface area contributed by atoms with E-state index in [1.54, 1.807) is 0 Å². The third kappa shape index (κ3) is 4.72. The fraction of sp³-hybridized carbons (Fsp3) is 0.273. The van der Waals surface area contributed by atoms with Crippen LogP contribution in [-0.4, -0.2) is 52.6 Å². The summed E-state index contributed by atoms with van der Waals surface area (Å²) in [5, 5.41) is 13.1. The minimum atomic E-state index is -1.53. The first kappa shape index (κ1) is 14.6. The van der Waals surface area contributed by atoms with Gasteiger partial charge in [-0.15, -0.1) is 0 Å². The Kier molecular flexibility index (Phi) is 5.42. The average molecular weight is 268 g/mol. The lowest BCUT2D eigenvalue weighted by molar-refractivity contribution is -0.141. The number of aliphatic hydroxyl groups excluding tert-OH is 1. The van der Waals surface area contributed by atoms with Gasteiger partial charge in [0, 0.05) is 24.5 Å². The summed E-state index contributed by atoms with van der Waals surface area (Å²) in [5.41, 5.74) is 0. The Bertz CT molecular complexity index is 479. The van der Waals surface area contributed by atoms with Crippen molar-refractivity contribution in [1.29, 1.82) is 0 Å². The first-order chi connectivity index (χ1) is 9.04. The number of aromatic nitrogens is 2. The monoisotopic (exact) mass is 268 g/mol. The molecule has 1 atom stereocenters. The Balaban J connectivity index is 2.40. The number of carbonyl (C=O) groups excluding carboxylic acids is 3. The van der Waals surface area contributed by atoms with E-state index >= 15 is 0 Å². The van der Waals surface area contributed by atoms with Crippen molar-refractivity contribution in [3.05, 3.63) is 30.6 Å². The summed E-state index contributed by atoms with van der Waals surface area (Å²) in [5.74, 6) is -2.32. The first-order valence-corrected chi connectivity index (χ1v) is 5.19. The molecule has 0 spiro atoms. The minimum absolute atomic E-state index is 0.539. The molecule has 1 rings (SSSR count). The standard InChI is InChI=1S/C11H12N2O6/c1-18-9(15)3-4-10(16)19-7-8(14)11(17)13-6-2-5-12-13/h2-6,8,14H,7H2,1H3/b4-3+. The highest BCUT2D eigenvalue weighted by Crippen LogP contribution is 1.94. The molecule has 0 saturated heterocycles. The van der Waals surface area contributed by atoms with Gasteiger partial charge in [-0.05, 0) is 6.07 Å². The maximum Gasteiger partial charge on any atom is 0.331 e. The molecular weight excluding hydrogens is 256 g/mol. The SMILES string of the molecule is COC(=O)/C=C/C(=O)OCC(O)C(=O)n1cccn1. The van der Waals surface area contributed by atoms with Gasteiger partial charge in [0.05, 0.1) is 7.11 Å². The number of carbonyl (C=O) groups is 3. The fourth-order valence-electron chi connectivity index (χ4n) is 1.04. The highest BCUT2D eigenvalue weighted by molar-refractivity contribution is 5.91. The zero-order valence-corrected chi connectivity index (χ0v) is 10.1. The van der Waals surface area contributed by atoms with Gasteiger partial charge >= 0.3 is 11.9 Å². The topological polar surface area (TPSA) is 108 Å². The molecule has 1 unspecified atom stereocenters. The molecule has 0 fully saturated rings. The van der Waals surface area contributed by atoms with E-state index in [2.05, 4.69) is 14.6 Å². The van der Waals surface area contributed by atoms with Gasteiger partial charge in [0.15, 0.2) is 6.10 Å². The van der Waals surface area contributed by atoms with E-state index in [1.165, 1.54) is 18.5 Å². The van der Waals surface area contributed by atoms with Crippen LogP contribution in [0.2, 0.25) is 0 Å². The van der Waals surface area contributed by atoms with Gasteiger partial charge in [-0.1, -0.05) is 0 Å². The molecular formula is C11H12N2O6. The zero-order valence-electron chi connectivity index (χ0n) is 10.1. The molecule has 8 nitrogen and oxygen atoms in total. The summed E-state index contributed by atoms with van der Waals surface area (Å²) >= 11 is 0. The van der Waals surface area contributed by atoms with Crippen molar-refractivity contribution in [1.82, 2.24) is 9.78 Å². The van der Waals surface area contributed by atoms with Crippen LogP contribution in [-0.2, 0) is 19.1 Å². The summed E-state index contributed by atoms with van der Waals surface area (Å²) in [7, 11) is 1.16. The molecule has 0 saturated carbocycles. The predicted octanol–water partition coefficient (Wildman–Crippen LogP) is -0.843. The van der Waals surface area contributed by atoms with Gasteiger partial charge in [-0.2, -0.15) is 5.10 Å². The van der Waals surface area contributed by atoms with Crippen molar-refractivity contribution in [2.75, 3.05) is 13.7 Å². The van der Waals surface area contributed by atoms with Crippen molar-refractivity contribution in [3.63, 3.8) is 0 Å². The normalized spacial score (nSPS) is 12.1. The van der Waals surface area contributed by atoms with Crippen LogP contribution in [0.5, 0.6) is 0 Å². The molecule has 0 amide bonds. The quantitative estimate of drug-likeness (QED) is 0.547. The molecule has 0 radical (unpaired) electrons. The molecule has 19 heavy (non-hydrogen) atoms. The van der Waals surface area contributed by atoms with Crippen LogP contribution >= 0.6 is 0 Å². The number of aliphatic hydroxyl groups is 1. The van der Waals surface area contributed by atoms with E-state index in [1.807, 2.05) is 0 Å². The summed E-state index contributed by atoms with van der Waals surface area (Å²) in [6, 6.07) is 1.51. The molecule has 0 aliphatic heterocycles. The zero-order chi connectivity index (χ0) is 14.3. The maximum atomic E-state index is 11.5. The van der Waals surface area contributed by atoms with Crippen LogP contribution in [0.4, 0.5) is 0 Å². The van der Waals surface area contributed by atoms with Gasteiger partial charge in [0.2, 0.25) is 0 Å². The van der Waals surface area contributed by atoms with Crippen molar-refractivity contribution >= 4 is 17.8 Å². The number of hydrogen-bond acceptors (Lipinski definition) is 7. The summed E-state index contributed by atoms with van der Waals surface area (Å²) in [6.45, 7) is -0.539.